The molecule has 116 valence electrons. The minimum Gasteiger partial charge on any atom is -0.486 e. The second-order valence-electron chi connectivity index (χ2n) is 5.15. The van der Waals surface area contributed by atoms with Crippen molar-refractivity contribution in [2.45, 2.75) is 6.92 Å². The summed E-state index contributed by atoms with van der Waals surface area (Å²) < 4.78 is 16.3. The third-order valence-corrected chi connectivity index (χ3v) is 4.43. The fourth-order valence-electron chi connectivity index (χ4n) is 2.37. The van der Waals surface area contributed by atoms with Crippen molar-refractivity contribution in [2.75, 3.05) is 13.2 Å². The number of aliphatic imine (C=N–C) groups is 1. The van der Waals surface area contributed by atoms with E-state index in [4.69, 9.17) is 14.2 Å². The van der Waals surface area contributed by atoms with Crippen LogP contribution in [-0.4, -0.2) is 25.1 Å². The molecule has 0 atom stereocenters. The van der Waals surface area contributed by atoms with Gasteiger partial charge in [-0.05, 0) is 42.8 Å². The number of rotatable bonds is 2. The Kier molecular flexibility index (Phi) is 3.38. The number of carbonyl (C=O) groups excluding carboxylic acids is 1. The quantitative estimate of drug-likeness (QED) is 0.628. The number of hydrogen-bond donors (Lipinski definition) is 0. The Hall–Kier alpha value is -2.60. The van der Waals surface area contributed by atoms with E-state index < -0.39 is 5.97 Å². The zero-order valence-corrected chi connectivity index (χ0v) is 13.2. The Balaban J connectivity index is 1.65. The number of thiophene rings is 1. The van der Waals surface area contributed by atoms with Gasteiger partial charge in [0.2, 0.25) is 5.90 Å². The summed E-state index contributed by atoms with van der Waals surface area (Å²) in [5, 5.41) is 0. The predicted octanol–water partition coefficient (Wildman–Crippen LogP) is 3.17. The molecule has 5 nitrogen and oxygen atoms in total. The molecule has 2 aromatic rings. The zero-order chi connectivity index (χ0) is 15.8. The van der Waals surface area contributed by atoms with Crippen molar-refractivity contribution in [3.63, 3.8) is 0 Å². The summed E-state index contributed by atoms with van der Waals surface area (Å²) in [6.45, 7) is 3.07. The Morgan fingerprint density at radius 2 is 1.96 bits per heavy atom. The minimum atomic E-state index is -0.444. The van der Waals surface area contributed by atoms with Crippen molar-refractivity contribution in [1.82, 2.24) is 0 Å². The van der Waals surface area contributed by atoms with Gasteiger partial charge in [-0.3, -0.25) is 0 Å². The van der Waals surface area contributed by atoms with Gasteiger partial charge in [0.1, 0.15) is 13.2 Å². The van der Waals surface area contributed by atoms with Gasteiger partial charge in [0.15, 0.2) is 17.2 Å². The maximum Gasteiger partial charge on any atom is 0.363 e. The maximum atomic E-state index is 12.0. The first kappa shape index (κ1) is 14.0. The molecule has 0 unspecified atom stereocenters. The predicted molar refractivity (Wildman–Crippen MR) is 87.1 cm³/mol. The molecule has 4 rings (SSSR count). The smallest absolute Gasteiger partial charge is 0.363 e. The van der Waals surface area contributed by atoms with E-state index in [1.165, 1.54) is 0 Å². The molecule has 0 saturated heterocycles. The number of aryl methyl sites for hydroxylation is 1. The zero-order valence-electron chi connectivity index (χ0n) is 12.4. The van der Waals surface area contributed by atoms with Crippen LogP contribution in [0.3, 0.4) is 0 Å². The van der Waals surface area contributed by atoms with Crippen LogP contribution in [0, 0.1) is 6.92 Å². The molecule has 0 aliphatic carbocycles. The summed E-state index contributed by atoms with van der Waals surface area (Å²) in [6.07, 6.45) is 1.69. The van der Waals surface area contributed by atoms with Gasteiger partial charge in [-0.2, -0.15) is 0 Å². The summed E-state index contributed by atoms with van der Waals surface area (Å²) in [5.41, 5.74) is 1.09. The van der Waals surface area contributed by atoms with Crippen molar-refractivity contribution < 1.29 is 19.0 Å². The van der Waals surface area contributed by atoms with Gasteiger partial charge < -0.3 is 14.2 Å². The Labute approximate surface area is 136 Å². The molecule has 0 spiro atoms. The Morgan fingerprint density at radius 1 is 1.13 bits per heavy atom. The van der Waals surface area contributed by atoms with Crippen LogP contribution in [0.2, 0.25) is 0 Å². The molecular formula is C17H13NO4S. The third kappa shape index (κ3) is 2.73. The lowest BCUT2D eigenvalue weighted by molar-refractivity contribution is -0.129. The molecule has 0 saturated carbocycles. The lowest BCUT2D eigenvalue weighted by Gasteiger charge is -2.18. The average Bonchev–Trinajstić information content (AvgIpc) is 3.14. The van der Waals surface area contributed by atoms with Gasteiger partial charge >= 0.3 is 5.97 Å². The summed E-state index contributed by atoms with van der Waals surface area (Å²) >= 11 is 1.54. The molecule has 6 heteroatoms. The second kappa shape index (κ2) is 5.55. The SMILES string of the molecule is Cc1ccc(C2=N/C(=C/c3ccc4c(c3)OCCO4)C(=O)O2)s1. The van der Waals surface area contributed by atoms with Gasteiger partial charge in [0.05, 0.1) is 4.88 Å². The monoisotopic (exact) mass is 327 g/mol. The van der Waals surface area contributed by atoms with Gasteiger partial charge in [0, 0.05) is 4.88 Å². The third-order valence-electron chi connectivity index (χ3n) is 3.44. The van der Waals surface area contributed by atoms with Crippen molar-refractivity contribution >= 4 is 29.3 Å². The van der Waals surface area contributed by atoms with Crippen molar-refractivity contribution in [3.05, 3.63) is 51.3 Å². The number of nitrogens with zero attached hydrogens (tertiary/aromatic N) is 1. The highest BCUT2D eigenvalue weighted by atomic mass is 32.1. The lowest BCUT2D eigenvalue weighted by atomic mass is 10.1. The highest BCUT2D eigenvalue weighted by molar-refractivity contribution is 7.14. The highest BCUT2D eigenvalue weighted by Crippen LogP contribution is 2.32. The first-order chi connectivity index (χ1) is 11.2. The molecule has 2 aliphatic heterocycles. The van der Waals surface area contributed by atoms with Crippen LogP contribution in [0.15, 0.2) is 41.0 Å². The van der Waals surface area contributed by atoms with Crippen LogP contribution in [0.25, 0.3) is 6.08 Å². The molecule has 1 aromatic carbocycles. The molecule has 1 aromatic heterocycles. The number of hydrogen-bond acceptors (Lipinski definition) is 6. The van der Waals surface area contributed by atoms with Crippen LogP contribution < -0.4 is 9.47 Å². The van der Waals surface area contributed by atoms with E-state index in [0.29, 0.717) is 30.6 Å². The molecule has 0 fully saturated rings. The van der Waals surface area contributed by atoms with E-state index in [1.54, 1.807) is 17.4 Å². The first-order valence-electron chi connectivity index (χ1n) is 7.18. The molecule has 0 radical (unpaired) electrons. The summed E-state index contributed by atoms with van der Waals surface area (Å²) in [5.74, 6) is 1.30. The maximum absolute atomic E-state index is 12.0. The standard InChI is InChI=1S/C17H13NO4S/c1-10-2-5-15(23-10)16-18-12(17(19)22-16)8-11-3-4-13-14(9-11)21-7-6-20-13/h2-5,8-9H,6-7H2,1H3/b12-8+. The molecule has 3 heterocycles. The second-order valence-corrected chi connectivity index (χ2v) is 6.44. The van der Waals surface area contributed by atoms with Gasteiger partial charge in [-0.25, -0.2) is 9.79 Å². The van der Waals surface area contributed by atoms with Crippen LogP contribution in [0.1, 0.15) is 15.3 Å². The molecule has 0 bridgehead atoms. The van der Waals surface area contributed by atoms with Crippen LogP contribution in [0.4, 0.5) is 0 Å². The van der Waals surface area contributed by atoms with E-state index >= 15 is 0 Å². The number of esters is 1. The Bertz CT molecular complexity index is 850. The first-order valence-corrected chi connectivity index (χ1v) is 8.00. The normalized spacial score (nSPS) is 18.0. The number of benzene rings is 1. The van der Waals surface area contributed by atoms with E-state index in [0.717, 1.165) is 15.3 Å². The average molecular weight is 327 g/mol. The summed E-state index contributed by atoms with van der Waals surface area (Å²) in [6, 6.07) is 9.39. The van der Waals surface area contributed by atoms with Crippen molar-refractivity contribution in [2.24, 2.45) is 4.99 Å². The lowest BCUT2D eigenvalue weighted by Crippen LogP contribution is -2.15. The van der Waals surface area contributed by atoms with Gasteiger partial charge in [-0.1, -0.05) is 6.07 Å². The van der Waals surface area contributed by atoms with Crippen LogP contribution >= 0.6 is 11.3 Å². The fourth-order valence-corrected chi connectivity index (χ4v) is 3.17. The molecule has 0 N–H and O–H groups in total. The van der Waals surface area contributed by atoms with E-state index in [2.05, 4.69) is 4.99 Å². The van der Waals surface area contributed by atoms with Gasteiger partial charge in [0.25, 0.3) is 0 Å². The number of cyclic esters (lactones) is 1. The number of fused-ring (bicyclic) bond motifs is 1. The minimum absolute atomic E-state index is 0.280. The topological polar surface area (TPSA) is 57.1 Å². The van der Waals surface area contributed by atoms with E-state index in [-0.39, 0.29) is 5.70 Å². The molecule has 2 aliphatic rings. The van der Waals surface area contributed by atoms with E-state index in [9.17, 15) is 4.79 Å². The fraction of sp³-hybridized carbons (Fsp3) is 0.176. The molecule has 0 amide bonds. The number of ether oxygens (including phenoxy) is 3. The van der Waals surface area contributed by atoms with Crippen molar-refractivity contribution in [1.29, 1.82) is 0 Å². The largest absolute Gasteiger partial charge is 0.486 e. The van der Waals surface area contributed by atoms with Crippen LogP contribution in [0.5, 0.6) is 11.5 Å². The Morgan fingerprint density at radius 3 is 2.74 bits per heavy atom. The molecular weight excluding hydrogens is 314 g/mol. The van der Waals surface area contributed by atoms with E-state index in [1.807, 2.05) is 37.3 Å². The highest BCUT2D eigenvalue weighted by Gasteiger charge is 2.25. The van der Waals surface area contributed by atoms with Crippen molar-refractivity contribution in [3.8, 4) is 11.5 Å². The van der Waals surface area contributed by atoms with Gasteiger partial charge in [-0.15, -0.1) is 11.3 Å². The molecule has 23 heavy (non-hydrogen) atoms. The van der Waals surface area contributed by atoms with Crippen LogP contribution in [-0.2, 0) is 9.53 Å². The number of carbonyl (C=O) groups is 1. The summed E-state index contributed by atoms with van der Waals surface area (Å²) in [7, 11) is 0. The summed E-state index contributed by atoms with van der Waals surface area (Å²) in [4.78, 5) is 18.3.